The molecule has 2 rings (SSSR count). The van der Waals surface area contributed by atoms with Crippen molar-refractivity contribution in [3.63, 3.8) is 0 Å². The number of aromatic nitrogens is 2. The molecule has 0 spiro atoms. The van der Waals surface area contributed by atoms with E-state index in [1.54, 1.807) is 0 Å². The third kappa shape index (κ3) is 1.22. The van der Waals surface area contributed by atoms with Gasteiger partial charge in [0.1, 0.15) is 0 Å². The lowest BCUT2D eigenvalue weighted by atomic mass is 10.3. The summed E-state index contributed by atoms with van der Waals surface area (Å²) in [7, 11) is 2.13. The van der Waals surface area contributed by atoms with Crippen LogP contribution in [0.3, 0.4) is 0 Å². The van der Waals surface area contributed by atoms with Gasteiger partial charge in [0.25, 0.3) is 5.82 Å². The van der Waals surface area contributed by atoms with E-state index in [1.807, 2.05) is 0 Å². The number of aryl methyl sites for hydroxylation is 2. The van der Waals surface area contributed by atoms with Gasteiger partial charge in [-0.25, -0.2) is 9.13 Å². The molecule has 2 nitrogen and oxygen atoms in total. The van der Waals surface area contributed by atoms with E-state index in [2.05, 4.69) is 54.3 Å². The summed E-state index contributed by atoms with van der Waals surface area (Å²) in [4.78, 5) is 0. The van der Waals surface area contributed by atoms with Crippen LogP contribution >= 0.6 is 0 Å². The van der Waals surface area contributed by atoms with Crippen molar-refractivity contribution >= 4 is 11.0 Å². The minimum atomic E-state index is 1.10. The second-order valence-electron chi connectivity index (χ2n) is 3.75. The highest BCUT2D eigenvalue weighted by atomic mass is 15.1. The predicted molar refractivity (Wildman–Crippen MR) is 58.1 cm³/mol. The Labute approximate surface area is 84.8 Å². The molecule has 0 saturated heterocycles. The van der Waals surface area contributed by atoms with E-state index in [4.69, 9.17) is 0 Å². The summed E-state index contributed by atoms with van der Waals surface area (Å²) in [5.41, 5.74) is 2.66. The number of rotatable bonds is 2. The molecular weight excluding hydrogens is 172 g/mol. The van der Waals surface area contributed by atoms with Crippen molar-refractivity contribution in [2.45, 2.75) is 26.8 Å². The third-order valence-corrected chi connectivity index (χ3v) is 2.86. The molecule has 1 heterocycles. The van der Waals surface area contributed by atoms with E-state index in [9.17, 15) is 0 Å². The van der Waals surface area contributed by atoms with Gasteiger partial charge in [0, 0.05) is 6.92 Å². The average Bonchev–Trinajstić information content (AvgIpc) is 2.45. The van der Waals surface area contributed by atoms with Gasteiger partial charge in [0.15, 0.2) is 11.0 Å². The fraction of sp³-hybridized carbons (Fsp3) is 0.417. The Bertz CT molecular complexity index is 455. The molecular formula is C12H17N2+. The summed E-state index contributed by atoms with van der Waals surface area (Å²) < 4.78 is 4.64. The van der Waals surface area contributed by atoms with Crippen molar-refractivity contribution in [2.24, 2.45) is 7.05 Å². The van der Waals surface area contributed by atoms with E-state index in [0.29, 0.717) is 0 Å². The maximum absolute atomic E-state index is 2.38. The fourth-order valence-electron chi connectivity index (χ4n) is 2.01. The predicted octanol–water partition coefficient (Wildman–Crippen LogP) is 2.18. The van der Waals surface area contributed by atoms with Crippen LogP contribution in [0.2, 0.25) is 0 Å². The van der Waals surface area contributed by atoms with Crippen LogP contribution in [0.25, 0.3) is 11.0 Å². The molecule has 1 aromatic heterocycles. The number of para-hydroxylation sites is 2. The van der Waals surface area contributed by atoms with Crippen LogP contribution in [-0.2, 0) is 13.6 Å². The molecule has 0 aliphatic heterocycles. The zero-order chi connectivity index (χ0) is 10.1. The second-order valence-corrected chi connectivity index (χ2v) is 3.75. The third-order valence-electron chi connectivity index (χ3n) is 2.86. The van der Waals surface area contributed by atoms with Gasteiger partial charge in [-0.3, -0.25) is 0 Å². The Morgan fingerprint density at radius 2 is 2.00 bits per heavy atom. The van der Waals surface area contributed by atoms with E-state index in [0.717, 1.165) is 6.54 Å². The lowest BCUT2D eigenvalue weighted by Gasteiger charge is -1.95. The highest BCUT2D eigenvalue weighted by molar-refractivity contribution is 5.71. The minimum Gasteiger partial charge on any atom is -0.230 e. The lowest BCUT2D eigenvalue weighted by molar-refractivity contribution is -0.678. The molecule has 0 bridgehead atoms. The van der Waals surface area contributed by atoms with Crippen LogP contribution in [0.5, 0.6) is 0 Å². The Kier molecular flexibility index (Phi) is 2.28. The SMILES string of the molecule is CCC[n+]1c(C)n(C)c2ccccc21. The number of fused-ring (bicyclic) bond motifs is 1. The van der Waals surface area contributed by atoms with Crippen molar-refractivity contribution < 1.29 is 4.57 Å². The van der Waals surface area contributed by atoms with Gasteiger partial charge in [-0.15, -0.1) is 0 Å². The summed E-state index contributed by atoms with van der Waals surface area (Å²) in [6.45, 7) is 5.50. The van der Waals surface area contributed by atoms with Gasteiger partial charge >= 0.3 is 0 Å². The molecule has 0 fully saturated rings. The van der Waals surface area contributed by atoms with Crippen molar-refractivity contribution in [3.05, 3.63) is 30.1 Å². The van der Waals surface area contributed by atoms with Gasteiger partial charge < -0.3 is 0 Å². The van der Waals surface area contributed by atoms with Gasteiger partial charge in [0.2, 0.25) is 0 Å². The Hall–Kier alpha value is -1.31. The standard InChI is InChI=1S/C12H17N2/c1-4-9-14-10(2)13(3)11-7-5-6-8-12(11)14/h5-8H,4,9H2,1-3H3/q+1. The highest BCUT2D eigenvalue weighted by Crippen LogP contribution is 2.11. The monoisotopic (exact) mass is 189 g/mol. The average molecular weight is 189 g/mol. The Balaban J connectivity index is 2.74. The largest absolute Gasteiger partial charge is 0.253 e. The molecule has 0 radical (unpaired) electrons. The van der Waals surface area contributed by atoms with Gasteiger partial charge in [-0.1, -0.05) is 19.1 Å². The zero-order valence-electron chi connectivity index (χ0n) is 9.12. The van der Waals surface area contributed by atoms with Gasteiger partial charge in [0.05, 0.1) is 13.6 Å². The quantitative estimate of drug-likeness (QED) is 0.640. The fourth-order valence-corrected chi connectivity index (χ4v) is 2.01. The van der Waals surface area contributed by atoms with E-state index >= 15 is 0 Å². The molecule has 74 valence electrons. The first kappa shape index (κ1) is 9.25. The lowest BCUT2D eigenvalue weighted by Crippen LogP contribution is -2.35. The van der Waals surface area contributed by atoms with Crippen LogP contribution in [-0.4, -0.2) is 4.57 Å². The summed E-state index contributed by atoms with van der Waals surface area (Å²) in [5.74, 6) is 1.33. The molecule has 0 unspecified atom stereocenters. The molecule has 2 heteroatoms. The number of imidazole rings is 1. The van der Waals surface area contributed by atoms with Gasteiger partial charge in [-0.2, -0.15) is 0 Å². The Morgan fingerprint density at radius 1 is 1.29 bits per heavy atom. The van der Waals surface area contributed by atoms with E-state index < -0.39 is 0 Å². The molecule has 0 aliphatic rings. The van der Waals surface area contributed by atoms with Crippen LogP contribution < -0.4 is 4.57 Å². The highest BCUT2D eigenvalue weighted by Gasteiger charge is 2.16. The van der Waals surface area contributed by atoms with Crippen molar-refractivity contribution in [2.75, 3.05) is 0 Å². The first-order chi connectivity index (χ1) is 6.75. The van der Waals surface area contributed by atoms with E-state index in [-0.39, 0.29) is 0 Å². The van der Waals surface area contributed by atoms with Crippen molar-refractivity contribution in [1.82, 2.24) is 4.57 Å². The Morgan fingerprint density at radius 3 is 2.71 bits per heavy atom. The first-order valence-corrected chi connectivity index (χ1v) is 5.19. The number of hydrogen-bond donors (Lipinski definition) is 0. The van der Waals surface area contributed by atoms with E-state index in [1.165, 1.54) is 23.3 Å². The molecule has 1 aromatic carbocycles. The van der Waals surface area contributed by atoms with Crippen LogP contribution in [0.1, 0.15) is 19.2 Å². The normalized spacial score (nSPS) is 11.1. The summed E-state index contributed by atoms with van der Waals surface area (Å²) in [6.07, 6.45) is 1.18. The van der Waals surface area contributed by atoms with Crippen LogP contribution in [0, 0.1) is 6.92 Å². The number of benzene rings is 1. The molecule has 0 saturated carbocycles. The summed E-state index contributed by atoms with van der Waals surface area (Å²) in [6, 6.07) is 8.57. The molecule has 2 aromatic rings. The molecule has 0 atom stereocenters. The first-order valence-electron chi connectivity index (χ1n) is 5.19. The number of nitrogens with zero attached hydrogens (tertiary/aromatic N) is 2. The van der Waals surface area contributed by atoms with Crippen LogP contribution in [0.4, 0.5) is 0 Å². The molecule has 0 amide bonds. The smallest absolute Gasteiger partial charge is 0.230 e. The maximum Gasteiger partial charge on any atom is 0.253 e. The van der Waals surface area contributed by atoms with Gasteiger partial charge in [-0.05, 0) is 18.6 Å². The topological polar surface area (TPSA) is 8.81 Å². The van der Waals surface area contributed by atoms with Crippen molar-refractivity contribution in [3.8, 4) is 0 Å². The van der Waals surface area contributed by atoms with Crippen LogP contribution in [0.15, 0.2) is 24.3 Å². The molecule has 0 aliphatic carbocycles. The summed E-state index contributed by atoms with van der Waals surface area (Å²) in [5, 5.41) is 0. The molecule has 14 heavy (non-hydrogen) atoms. The van der Waals surface area contributed by atoms with Crippen molar-refractivity contribution in [1.29, 1.82) is 0 Å². The number of hydrogen-bond acceptors (Lipinski definition) is 0. The molecule has 0 N–H and O–H groups in total. The maximum atomic E-state index is 2.38. The minimum absolute atomic E-state index is 1.10. The summed E-state index contributed by atoms with van der Waals surface area (Å²) >= 11 is 0. The second kappa shape index (κ2) is 3.45. The zero-order valence-corrected chi connectivity index (χ0v) is 9.12.